The molecule has 0 aliphatic heterocycles. The number of carboxylic acids is 1. The van der Waals surface area contributed by atoms with Gasteiger partial charge in [0.1, 0.15) is 18.2 Å². The van der Waals surface area contributed by atoms with Crippen molar-refractivity contribution in [2.24, 2.45) is 0 Å². The fourth-order valence-corrected chi connectivity index (χ4v) is 3.93. The van der Waals surface area contributed by atoms with Gasteiger partial charge in [-0.2, -0.15) is 0 Å². The van der Waals surface area contributed by atoms with Gasteiger partial charge in [-0.25, -0.2) is 4.79 Å². The number of nitrogens with one attached hydrogen (secondary N) is 2. The summed E-state index contributed by atoms with van der Waals surface area (Å²) < 4.78 is 10.3. The third kappa shape index (κ3) is 6.09. The Kier molecular flexibility index (Phi) is 7.67. The lowest BCUT2D eigenvalue weighted by molar-refractivity contribution is -0.140. The second kappa shape index (κ2) is 10.5. The Balaban J connectivity index is 1.63. The van der Waals surface area contributed by atoms with E-state index in [-0.39, 0.29) is 25.7 Å². The monoisotopic (exact) mass is 456 g/mol. The highest BCUT2D eigenvalue weighted by Crippen LogP contribution is 2.44. The number of carbonyl (C=O) groups is 3. The van der Waals surface area contributed by atoms with E-state index in [1.54, 1.807) is 0 Å². The van der Waals surface area contributed by atoms with Crippen molar-refractivity contribution in [2.75, 3.05) is 26.9 Å². The zero-order chi connectivity index (χ0) is 24.0. The SMILES string of the molecule is COCC(C)(O)CNC(=O)C(CC(=O)O)NC(=O)OCC1c2ccccc2-c2ccccc21. The van der Waals surface area contributed by atoms with Crippen molar-refractivity contribution >= 4 is 18.0 Å². The first-order valence-corrected chi connectivity index (χ1v) is 10.5. The standard InChI is InChI=1S/C24H28N2O7/c1-24(31,14-32-2)13-25-22(29)20(11-21(27)28)26-23(30)33-12-19-17-9-5-3-7-15(17)16-8-4-6-10-18(16)19/h3-10,19-20,31H,11-14H2,1-2H3,(H,25,29)(H,26,30)(H,27,28). The molecule has 176 valence electrons. The molecule has 2 amide bonds. The molecule has 33 heavy (non-hydrogen) atoms. The Morgan fingerprint density at radius 2 is 1.64 bits per heavy atom. The number of alkyl carbamates (subject to hydrolysis) is 1. The van der Waals surface area contributed by atoms with Gasteiger partial charge in [-0.15, -0.1) is 0 Å². The second-order valence-corrected chi connectivity index (χ2v) is 8.27. The summed E-state index contributed by atoms with van der Waals surface area (Å²) in [5, 5.41) is 24.0. The summed E-state index contributed by atoms with van der Waals surface area (Å²) in [5.41, 5.74) is 2.88. The third-order valence-electron chi connectivity index (χ3n) is 5.43. The van der Waals surface area contributed by atoms with Crippen molar-refractivity contribution in [1.82, 2.24) is 10.6 Å². The molecule has 3 rings (SSSR count). The molecule has 2 aromatic carbocycles. The molecule has 0 aromatic heterocycles. The van der Waals surface area contributed by atoms with Gasteiger partial charge in [0.15, 0.2) is 0 Å². The molecule has 0 saturated carbocycles. The Labute approximate surface area is 191 Å². The van der Waals surface area contributed by atoms with Crippen LogP contribution < -0.4 is 10.6 Å². The number of hydrogen-bond acceptors (Lipinski definition) is 6. The molecule has 2 aromatic rings. The number of hydrogen-bond donors (Lipinski definition) is 4. The van der Waals surface area contributed by atoms with E-state index in [2.05, 4.69) is 10.6 Å². The minimum Gasteiger partial charge on any atom is -0.481 e. The molecule has 0 heterocycles. The second-order valence-electron chi connectivity index (χ2n) is 8.27. The topological polar surface area (TPSA) is 134 Å². The van der Waals surface area contributed by atoms with Crippen LogP contribution in [0, 0.1) is 0 Å². The van der Waals surface area contributed by atoms with E-state index in [0.29, 0.717) is 0 Å². The zero-order valence-corrected chi connectivity index (χ0v) is 18.5. The van der Waals surface area contributed by atoms with E-state index in [9.17, 15) is 19.5 Å². The molecule has 4 N–H and O–H groups in total. The van der Waals surface area contributed by atoms with Crippen LogP contribution in [-0.2, 0) is 19.1 Å². The van der Waals surface area contributed by atoms with E-state index >= 15 is 0 Å². The fourth-order valence-electron chi connectivity index (χ4n) is 3.93. The van der Waals surface area contributed by atoms with Gasteiger partial charge in [-0.05, 0) is 29.2 Å². The smallest absolute Gasteiger partial charge is 0.407 e. The molecule has 0 radical (unpaired) electrons. The van der Waals surface area contributed by atoms with Crippen molar-refractivity contribution in [3.63, 3.8) is 0 Å². The maximum Gasteiger partial charge on any atom is 0.407 e. The number of carbonyl (C=O) groups excluding carboxylic acids is 2. The average Bonchev–Trinajstić information content (AvgIpc) is 3.09. The minimum absolute atomic E-state index is 0.0311. The molecule has 0 spiro atoms. The van der Waals surface area contributed by atoms with Crippen molar-refractivity contribution in [2.45, 2.75) is 30.9 Å². The largest absolute Gasteiger partial charge is 0.481 e. The Morgan fingerprint density at radius 1 is 1.06 bits per heavy atom. The molecule has 9 heteroatoms. The first-order chi connectivity index (χ1) is 15.7. The normalized spacial score (nSPS) is 15.0. The molecular formula is C24H28N2O7. The lowest BCUT2D eigenvalue weighted by atomic mass is 9.98. The molecule has 2 atom stereocenters. The Hall–Kier alpha value is -3.43. The number of aliphatic carboxylic acids is 1. The highest BCUT2D eigenvalue weighted by Gasteiger charge is 2.31. The fraction of sp³-hybridized carbons (Fsp3) is 0.375. The summed E-state index contributed by atoms with van der Waals surface area (Å²) in [6, 6.07) is 14.4. The van der Waals surface area contributed by atoms with Crippen LogP contribution in [0.15, 0.2) is 48.5 Å². The maximum atomic E-state index is 12.5. The summed E-state index contributed by atoms with van der Waals surface area (Å²) in [5.74, 6) is -2.18. The van der Waals surface area contributed by atoms with Crippen LogP contribution in [0.3, 0.4) is 0 Å². The van der Waals surface area contributed by atoms with Gasteiger partial charge in [0.05, 0.1) is 13.0 Å². The van der Waals surface area contributed by atoms with Crippen molar-refractivity contribution in [3.8, 4) is 11.1 Å². The highest BCUT2D eigenvalue weighted by atomic mass is 16.5. The van der Waals surface area contributed by atoms with Gasteiger partial charge < -0.3 is 30.3 Å². The first kappa shape index (κ1) is 24.2. The van der Waals surface area contributed by atoms with Gasteiger partial charge in [0.25, 0.3) is 0 Å². The summed E-state index contributed by atoms with van der Waals surface area (Å²) in [6.07, 6.45) is -1.54. The van der Waals surface area contributed by atoms with Crippen LogP contribution in [0.25, 0.3) is 11.1 Å². The molecule has 2 unspecified atom stereocenters. The van der Waals surface area contributed by atoms with Gasteiger partial charge in [-0.1, -0.05) is 48.5 Å². The van der Waals surface area contributed by atoms with Crippen LogP contribution in [0.1, 0.15) is 30.4 Å². The number of aliphatic hydroxyl groups is 1. The van der Waals surface area contributed by atoms with Gasteiger partial charge in [0, 0.05) is 19.6 Å². The molecule has 1 aliphatic carbocycles. The number of benzene rings is 2. The molecule has 0 fully saturated rings. The predicted molar refractivity (Wildman–Crippen MR) is 120 cm³/mol. The van der Waals surface area contributed by atoms with Crippen LogP contribution in [0.5, 0.6) is 0 Å². The van der Waals surface area contributed by atoms with Crippen molar-refractivity contribution in [3.05, 3.63) is 59.7 Å². The van der Waals surface area contributed by atoms with E-state index in [1.165, 1.54) is 14.0 Å². The van der Waals surface area contributed by atoms with Crippen molar-refractivity contribution < 1.29 is 34.1 Å². The van der Waals surface area contributed by atoms with Crippen LogP contribution >= 0.6 is 0 Å². The van der Waals surface area contributed by atoms with Gasteiger partial charge in [-0.3, -0.25) is 9.59 Å². The first-order valence-electron chi connectivity index (χ1n) is 10.5. The molecule has 0 saturated heterocycles. The Morgan fingerprint density at radius 3 is 2.18 bits per heavy atom. The van der Waals surface area contributed by atoms with Crippen molar-refractivity contribution in [1.29, 1.82) is 0 Å². The lowest BCUT2D eigenvalue weighted by Crippen LogP contribution is -2.52. The number of rotatable bonds is 10. The highest BCUT2D eigenvalue weighted by molar-refractivity contribution is 5.89. The van der Waals surface area contributed by atoms with Gasteiger partial charge >= 0.3 is 12.1 Å². The summed E-state index contributed by atoms with van der Waals surface area (Å²) in [4.78, 5) is 36.1. The maximum absolute atomic E-state index is 12.5. The number of amides is 2. The molecule has 0 bridgehead atoms. The number of methoxy groups -OCH3 is 1. The predicted octanol–water partition coefficient (Wildman–Crippen LogP) is 1.88. The van der Waals surface area contributed by atoms with E-state index in [1.807, 2.05) is 48.5 Å². The van der Waals surface area contributed by atoms with Crippen LogP contribution in [-0.4, -0.2) is 66.7 Å². The molecular weight excluding hydrogens is 428 g/mol. The molecule has 9 nitrogen and oxygen atoms in total. The zero-order valence-electron chi connectivity index (χ0n) is 18.5. The summed E-state index contributed by atoms with van der Waals surface area (Å²) in [7, 11) is 1.40. The van der Waals surface area contributed by atoms with Crippen LogP contribution in [0.4, 0.5) is 4.79 Å². The average molecular weight is 456 g/mol. The summed E-state index contributed by atoms with van der Waals surface area (Å²) in [6.45, 7) is 1.28. The number of ether oxygens (including phenoxy) is 2. The summed E-state index contributed by atoms with van der Waals surface area (Å²) >= 11 is 0. The van der Waals surface area contributed by atoms with E-state index < -0.39 is 36.0 Å². The van der Waals surface area contributed by atoms with E-state index in [0.717, 1.165) is 22.3 Å². The number of fused-ring (bicyclic) bond motifs is 3. The van der Waals surface area contributed by atoms with E-state index in [4.69, 9.17) is 14.6 Å². The number of carboxylic acid groups (broad SMARTS) is 1. The molecule has 1 aliphatic rings. The minimum atomic E-state index is -1.36. The lowest BCUT2D eigenvalue weighted by Gasteiger charge is -2.24. The quantitative estimate of drug-likeness (QED) is 0.429. The third-order valence-corrected chi connectivity index (χ3v) is 5.43. The van der Waals surface area contributed by atoms with Gasteiger partial charge in [0.2, 0.25) is 5.91 Å². The van der Waals surface area contributed by atoms with Crippen LogP contribution in [0.2, 0.25) is 0 Å². The Bertz CT molecular complexity index is 976.